The molecule has 0 aromatic rings. The third-order valence-corrected chi connectivity index (χ3v) is 5.84. The average Bonchev–Trinajstić information content (AvgIpc) is 2.53. The summed E-state index contributed by atoms with van der Waals surface area (Å²) in [6, 6.07) is 0.597. The Labute approximate surface area is 125 Å². The minimum Gasteiger partial charge on any atom is -0.396 e. The number of likely N-dealkylation sites (tertiary alicyclic amines) is 1. The Kier molecular flexibility index (Phi) is 6.31. The summed E-state index contributed by atoms with van der Waals surface area (Å²) in [5.41, 5.74) is 0.177. The molecule has 1 aliphatic heterocycles. The topological polar surface area (TPSA) is 35.5 Å². The van der Waals surface area contributed by atoms with Crippen molar-refractivity contribution in [3.63, 3.8) is 0 Å². The van der Waals surface area contributed by atoms with Gasteiger partial charge in [0, 0.05) is 24.6 Å². The molecule has 2 rings (SSSR count). The molecule has 0 bridgehead atoms. The van der Waals surface area contributed by atoms with Crippen LogP contribution in [0.4, 0.5) is 0 Å². The predicted octanol–water partition coefficient (Wildman–Crippen LogP) is 2.64. The second-order valence-corrected chi connectivity index (χ2v) is 7.16. The van der Waals surface area contributed by atoms with E-state index in [0.29, 0.717) is 12.6 Å². The van der Waals surface area contributed by atoms with Crippen molar-refractivity contribution < 1.29 is 5.11 Å². The van der Waals surface area contributed by atoms with Gasteiger partial charge in [-0.3, -0.25) is 0 Å². The minimum absolute atomic E-state index is 0.177. The van der Waals surface area contributed by atoms with Crippen molar-refractivity contribution in [2.45, 2.75) is 64.8 Å². The number of piperidine rings is 1. The molecular weight excluding hydrogens is 248 g/mol. The first kappa shape index (κ1) is 16.3. The number of aliphatic hydroxyl groups excluding tert-OH is 1. The summed E-state index contributed by atoms with van der Waals surface area (Å²) in [6.45, 7) is 9.70. The maximum atomic E-state index is 9.78. The Balaban J connectivity index is 1.75. The van der Waals surface area contributed by atoms with E-state index >= 15 is 0 Å². The van der Waals surface area contributed by atoms with E-state index in [9.17, 15) is 5.11 Å². The number of hydrogen-bond acceptors (Lipinski definition) is 3. The smallest absolute Gasteiger partial charge is 0.0499 e. The van der Waals surface area contributed by atoms with Gasteiger partial charge in [-0.15, -0.1) is 0 Å². The highest BCUT2D eigenvalue weighted by Gasteiger charge is 2.32. The van der Waals surface area contributed by atoms with Gasteiger partial charge in [0.25, 0.3) is 0 Å². The van der Waals surface area contributed by atoms with Crippen LogP contribution < -0.4 is 5.32 Å². The molecule has 2 fully saturated rings. The van der Waals surface area contributed by atoms with Crippen LogP contribution in [0.5, 0.6) is 0 Å². The van der Waals surface area contributed by atoms with E-state index in [4.69, 9.17) is 0 Å². The van der Waals surface area contributed by atoms with Crippen LogP contribution >= 0.6 is 0 Å². The molecule has 1 heterocycles. The van der Waals surface area contributed by atoms with Crippen LogP contribution in [-0.2, 0) is 0 Å². The molecule has 3 heteroatoms. The zero-order chi connectivity index (χ0) is 14.4. The Morgan fingerprint density at radius 2 is 1.85 bits per heavy atom. The molecule has 2 N–H and O–H groups in total. The standard InChI is InChI=1S/C17H34N2O/c1-3-19-11-7-16(8-12-19)15(2)18-13-17(14-20)9-5-4-6-10-17/h15-16,18,20H,3-14H2,1-2H3. The number of rotatable bonds is 6. The molecule has 0 aromatic heterocycles. The number of nitrogens with zero attached hydrogens (tertiary/aromatic N) is 1. The highest BCUT2D eigenvalue weighted by molar-refractivity contribution is 4.87. The molecule has 1 saturated carbocycles. The third-order valence-electron chi connectivity index (χ3n) is 5.84. The highest BCUT2D eigenvalue weighted by Crippen LogP contribution is 2.35. The monoisotopic (exact) mass is 282 g/mol. The van der Waals surface area contributed by atoms with Crippen molar-refractivity contribution in [1.82, 2.24) is 10.2 Å². The molecule has 2 aliphatic rings. The zero-order valence-corrected chi connectivity index (χ0v) is 13.5. The molecule has 0 amide bonds. The molecule has 0 aromatic carbocycles. The van der Waals surface area contributed by atoms with Gasteiger partial charge in [0.05, 0.1) is 0 Å². The van der Waals surface area contributed by atoms with Gasteiger partial charge in [-0.25, -0.2) is 0 Å². The molecule has 1 unspecified atom stereocenters. The molecule has 0 spiro atoms. The molecule has 1 atom stereocenters. The summed E-state index contributed by atoms with van der Waals surface area (Å²) in [5.74, 6) is 0.817. The fourth-order valence-corrected chi connectivity index (χ4v) is 4.01. The van der Waals surface area contributed by atoms with E-state index in [1.165, 1.54) is 64.6 Å². The highest BCUT2D eigenvalue weighted by atomic mass is 16.3. The van der Waals surface area contributed by atoms with Crippen molar-refractivity contribution in [1.29, 1.82) is 0 Å². The number of aliphatic hydroxyl groups is 1. The zero-order valence-electron chi connectivity index (χ0n) is 13.5. The second kappa shape index (κ2) is 7.77. The third kappa shape index (κ3) is 4.19. The van der Waals surface area contributed by atoms with Gasteiger partial charge in [0.2, 0.25) is 0 Å². The Morgan fingerprint density at radius 3 is 2.40 bits per heavy atom. The van der Waals surface area contributed by atoms with E-state index < -0.39 is 0 Å². The van der Waals surface area contributed by atoms with Crippen LogP contribution in [0, 0.1) is 11.3 Å². The van der Waals surface area contributed by atoms with Gasteiger partial charge in [0.1, 0.15) is 0 Å². The lowest BCUT2D eigenvalue weighted by molar-refractivity contribution is 0.0731. The molecule has 1 aliphatic carbocycles. The van der Waals surface area contributed by atoms with Crippen molar-refractivity contribution in [3.05, 3.63) is 0 Å². The van der Waals surface area contributed by atoms with E-state index in [1.54, 1.807) is 0 Å². The fraction of sp³-hybridized carbons (Fsp3) is 1.00. The first-order chi connectivity index (χ1) is 9.69. The van der Waals surface area contributed by atoms with E-state index in [1.807, 2.05) is 0 Å². The summed E-state index contributed by atoms with van der Waals surface area (Å²) in [7, 11) is 0. The SMILES string of the molecule is CCN1CCC(C(C)NCC2(CO)CCCCC2)CC1. The van der Waals surface area contributed by atoms with Gasteiger partial charge in [-0.05, 0) is 58.2 Å². The van der Waals surface area contributed by atoms with E-state index in [2.05, 4.69) is 24.1 Å². The number of nitrogens with one attached hydrogen (secondary N) is 1. The largest absolute Gasteiger partial charge is 0.396 e. The second-order valence-electron chi connectivity index (χ2n) is 7.16. The Morgan fingerprint density at radius 1 is 1.20 bits per heavy atom. The molecule has 0 radical (unpaired) electrons. The summed E-state index contributed by atoms with van der Waals surface area (Å²) in [6.07, 6.45) is 9.01. The van der Waals surface area contributed by atoms with Crippen LogP contribution in [0.3, 0.4) is 0 Å². The lowest BCUT2D eigenvalue weighted by atomic mass is 9.74. The summed E-state index contributed by atoms with van der Waals surface area (Å²) < 4.78 is 0. The first-order valence-electron chi connectivity index (χ1n) is 8.76. The van der Waals surface area contributed by atoms with Crippen LogP contribution in [0.15, 0.2) is 0 Å². The van der Waals surface area contributed by atoms with Gasteiger partial charge < -0.3 is 15.3 Å². The van der Waals surface area contributed by atoms with Crippen LogP contribution in [0.2, 0.25) is 0 Å². The first-order valence-corrected chi connectivity index (χ1v) is 8.76. The van der Waals surface area contributed by atoms with Crippen LogP contribution in [0.1, 0.15) is 58.8 Å². The summed E-state index contributed by atoms with van der Waals surface area (Å²) >= 11 is 0. The van der Waals surface area contributed by atoms with Crippen molar-refractivity contribution in [3.8, 4) is 0 Å². The Hall–Kier alpha value is -0.120. The average molecular weight is 282 g/mol. The number of hydrogen-bond donors (Lipinski definition) is 2. The van der Waals surface area contributed by atoms with Crippen LogP contribution in [-0.4, -0.2) is 48.8 Å². The fourth-order valence-electron chi connectivity index (χ4n) is 4.01. The lowest BCUT2D eigenvalue weighted by Gasteiger charge is -2.39. The van der Waals surface area contributed by atoms with Crippen molar-refractivity contribution in [2.24, 2.45) is 11.3 Å². The molecular formula is C17H34N2O. The van der Waals surface area contributed by atoms with Crippen molar-refractivity contribution >= 4 is 0 Å². The minimum atomic E-state index is 0.177. The van der Waals surface area contributed by atoms with E-state index in [0.717, 1.165) is 12.5 Å². The molecule has 118 valence electrons. The summed E-state index contributed by atoms with van der Waals surface area (Å²) in [5, 5.41) is 13.6. The van der Waals surface area contributed by atoms with Gasteiger partial charge >= 0.3 is 0 Å². The normalized spacial score (nSPS) is 26.6. The van der Waals surface area contributed by atoms with E-state index in [-0.39, 0.29) is 5.41 Å². The van der Waals surface area contributed by atoms with Crippen molar-refractivity contribution in [2.75, 3.05) is 32.8 Å². The summed E-state index contributed by atoms with van der Waals surface area (Å²) in [4.78, 5) is 2.56. The Bertz CT molecular complexity index is 268. The van der Waals surface area contributed by atoms with Crippen LogP contribution in [0.25, 0.3) is 0 Å². The van der Waals surface area contributed by atoms with Gasteiger partial charge in [0.15, 0.2) is 0 Å². The molecule has 1 saturated heterocycles. The van der Waals surface area contributed by atoms with Gasteiger partial charge in [-0.1, -0.05) is 26.2 Å². The predicted molar refractivity (Wildman–Crippen MR) is 84.9 cm³/mol. The maximum absolute atomic E-state index is 9.78. The quantitative estimate of drug-likeness (QED) is 0.786. The molecule has 3 nitrogen and oxygen atoms in total. The van der Waals surface area contributed by atoms with Gasteiger partial charge in [-0.2, -0.15) is 0 Å². The molecule has 20 heavy (non-hydrogen) atoms. The lowest BCUT2D eigenvalue weighted by Crippen LogP contribution is -2.47. The maximum Gasteiger partial charge on any atom is 0.0499 e.